The lowest BCUT2D eigenvalue weighted by Gasteiger charge is -1.85. The zero-order valence-corrected chi connectivity index (χ0v) is 5.43. The van der Waals surface area contributed by atoms with Gasteiger partial charge in [-0.15, -0.1) is 12.4 Å². The lowest BCUT2D eigenvalue weighted by Crippen LogP contribution is -1.98. The molecule has 0 saturated carbocycles. The number of hydrogen-bond acceptors (Lipinski definition) is 4. The average molecular weight is 151 g/mol. The summed E-state index contributed by atoms with van der Waals surface area (Å²) >= 11 is 0. The van der Waals surface area contributed by atoms with E-state index in [2.05, 4.69) is 14.5 Å². The maximum absolute atomic E-state index is 4.74. The Bertz CT molecular complexity index is 142. The van der Waals surface area contributed by atoms with Crippen LogP contribution < -0.4 is 5.90 Å². The van der Waals surface area contributed by atoms with Gasteiger partial charge in [0, 0.05) is 6.07 Å². The molecule has 0 unspecified atom stereocenters. The van der Waals surface area contributed by atoms with Gasteiger partial charge in [-0.2, -0.15) is 0 Å². The second-order valence-corrected chi connectivity index (χ2v) is 1.30. The van der Waals surface area contributed by atoms with Crippen molar-refractivity contribution in [2.75, 3.05) is 0 Å². The van der Waals surface area contributed by atoms with Gasteiger partial charge in [-0.05, 0) is 0 Å². The van der Waals surface area contributed by atoms with Gasteiger partial charge in [-0.25, -0.2) is 5.90 Å². The molecule has 9 heavy (non-hydrogen) atoms. The third-order valence-electron chi connectivity index (χ3n) is 0.722. The molecule has 0 amide bonds. The van der Waals surface area contributed by atoms with Crippen LogP contribution in [0.15, 0.2) is 16.9 Å². The molecule has 0 saturated heterocycles. The molecule has 5 heteroatoms. The predicted octanol–water partition coefficient (Wildman–Crippen LogP) is 0.487. The first-order valence-electron chi connectivity index (χ1n) is 2.14. The average Bonchev–Trinajstić information content (AvgIpc) is 2.19. The Morgan fingerprint density at radius 3 is 3.00 bits per heavy atom. The Labute approximate surface area is 58.3 Å². The van der Waals surface area contributed by atoms with Gasteiger partial charge in [0.25, 0.3) is 0 Å². The summed E-state index contributed by atoms with van der Waals surface area (Å²) in [6.07, 6.45) is 1.47. The zero-order valence-electron chi connectivity index (χ0n) is 4.61. The van der Waals surface area contributed by atoms with Crippen LogP contribution in [0.5, 0.6) is 0 Å². The van der Waals surface area contributed by atoms with E-state index in [-0.39, 0.29) is 12.4 Å². The molecule has 1 aromatic heterocycles. The summed E-state index contributed by atoms with van der Waals surface area (Å²) in [5.74, 6) is 4.74. The smallest absolute Gasteiger partial charge is 0.124 e. The second-order valence-electron chi connectivity index (χ2n) is 1.30. The van der Waals surface area contributed by atoms with Gasteiger partial charge < -0.3 is 4.52 Å². The van der Waals surface area contributed by atoms with Gasteiger partial charge in [0.15, 0.2) is 0 Å². The summed E-state index contributed by atoms with van der Waals surface area (Å²) in [5.41, 5.74) is 0.701. The van der Waals surface area contributed by atoms with E-state index in [4.69, 9.17) is 5.90 Å². The SMILES string of the molecule is Cl.NOCc1ccon1. The van der Waals surface area contributed by atoms with E-state index in [1.165, 1.54) is 6.26 Å². The van der Waals surface area contributed by atoms with Crippen LogP contribution in [0.2, 0.25) is 0 Å². The van der Waals surface area contributed by atoms with Crippen molar-refractivity contribution in [3.8, 4) is 0 Å². The highest BCUT2D eigenvalue weighted by molar-refractivity contribution is 5.85. The summed E-state index contributed by atoms with van der Waals surface area (Å²) in [4.78, 5) is 4.26. The first-order chi connectivity index (χ1) is 3.93. The molecule has 52 valence electrons. The van der Waals surface area contributed by atoms with Crippen LogP contribution in [0.4, 0.5) is 0 Å². The molecule has 4 nitrogen and oxygen atoms in total. The van der Waals surface area contributed by atoms with Gasteiger partial charge in [0.05, 0.1) is 0 Å². The molecule has 0 aliphatic rings. The van der Waals surface area contributed by atoms with Crippen molar-refractivity contribution in [2.24, 2.45) is 5.90 Å². The molecule has 0 spiro atoms. The fourth-order valence-corrected chi connectivity index (χ4v) is 0.397. The number of nitrogens with two attached hydrogens (primary N) is 1. The van der Waals surface area contributed by atoms with Crippen LogP contribution >= 0.6 is 12.4 Å². The van der Waals surface area contributed by atoms with Crippen molar-refractivity contribution in [3.05, 3.63) is 18.0 Å². The topological polar surface area (TPSA) is 61.3 Å². The van der Waals surface area contributed by atoms with Crippen LogP contribution in [0.1, 0.15) is 5.69 Å². The Hall–Kier alpha value is -0.580. The van der Waals surface area contributed by atoms with E-state index in [0.717, 1.165) is 0 Å². The van der Waals surface area contributed by atoms with Crippen molar-refractivity contribution < 1.29 is 9.36 Å². The lowest BCUT2D eigenvalue weighted by atomic mass is 10.5. The normalized spacial score (nSPS) is 8.56. The molecule has 1 heterocycles. The molecule has 0 aliphatic carbocycles. The fourth-order valence-electron chi connectivity index (χ4n) is 0.397. The largest absolute Gasteiger partial charge is 0.364 e. The van der Waals surface area contributed by atoms with Crippen molar-refractivity contribution in [2.45, 2.75) is 6.61 Å². The summed E-state index contributed by atoms with van der Waals surface area (Å²) in [7, 11) is 0. The quantitative estimate of drug-likeness (QED) is 0.624. The second kappa shape index (κ2) is 4.31. The third-order valence-corrected chi connectivity index (χ3v) is 0.722. The first kappa shape index (κ1) is 8.42. The van der Waals surface area contributed by atoms with E-state index in [9.17, 15) is 0 Å². The van der Waals surface area contributed by atoms with E-state index < -0.39 is 0 Å². The molecular formula is C4H7ClN2O2. The number of nitrogens with zero attached hydrogens (tertiary/aromatic N) is 1. The van der Waals surface area contributed by atoms with Gasteiger partial charge in [-0.1, -0.05) is 5.16 Å². The number of rotatable bonds is 2. The van der Waals surface area contributed by atoms with Crippen molar-refractivity contribution in [1.29, 1.82) is 0 Å². The summed E-state index contributed by atoms with van der Waals surface area (Å²) in [5, 5.41) is 3.53. The monoisotopic (exact) mass is 150 g/mol. The molecule has 0 aliphatic heterocycles. The molecule has 2 N–H and O–H groups in total. The number of aromatic nitrogens is 1. The molecule has 0 aromatic carbocycles. The summed E-state index contributed by atoms with van der Waals surface area (Å²) in [6.45, 7) is 0.302. The highest BCUT2D eigenvalue weighted by Gasteiger charge is 1.91. The van der Waals surface area contributed by atoms with Crippen LogP contribution in [0.3, 0.4) is 0 Å². The van der Waals surface area contributed by atoms with Crippen LogP contribution in [-0.2, 0) is 11.4 Å². The predicted molar refractivity (Wildman–Crippen MR) is 32.7 cm³/mol. The van der Waals surface area contributed by atoms with Crippen LogP contribution in [0, 0.1) is 0 Å². The third kappa shape index (κ3) is 2.46. The number of hydrogen-bond donors (Lipinski definition) is 1. The minimum Gasteiger partial charge on any atom is -0.364 e. The molecule has 0 radical (unpaired) electrons. The Morgan fingerprint density at radius 2 is 2.56 bits per heavy atom. The molecule has 0 bridgehead atoms. The van der Waals surface area contributed by atoms with Crippen LogP contribution in [0.25, 0.3) is 0 Å². The summed E-state index contributed by atoms with van der Waals surface area (Å²) in [6, 6.07) is 1.69. The minimum atomic E-state index is 0. The standard InChI is InChI=1S/C4H6N2O2.ClH/c5-7-3-4-1-2-8-6-4;/h1-2H,3,5H2;1H. The highest BCUT2D eigenvalue weighted by atomic mass is 35.5. The van der Waals surface area contributed by atoms with Crippen molar-refractivity contribution in [1.82, 2.24) is 5.16 Å². The maximum atomic E-state index is 4.74. The van der Waals surface area contributed by atoms with Crippen LogP contribution in [-0.4, -0.2) is 5.16 Å². The van der Waals surface area contributed by atoms with E-state index in [0.29, 0.717) is 12.3 Å². The zero-order chi connectivity index (χ0) is 5.82. The van der Waals surface area contributed by atoms with Gasteiger partial charge in [0.1, 0.15) is 18.6 Å². The lowest BCUT2D eigenvalue weighted by molar-refractivity contribution is 0.118. The van der Waals surface area contributed by atoms with E-state index in [1.807, 2.05) is 0 Å². The van der Waals surface area contributed by atoms with E-state index in [1.54, 1.807) is 6.07 Å². The molecule has 0 atom stereocenters. The van der Waals surface area contributed by atoms with Crippen molar-refractivity contribution in [3.63, 3.8) is 0 Å². The minimum absolute atomic E-state index is 0. The Balaban J connectivity index is 0.000000640. The fraction of sp³-hybridized carbons (Fsp3) is 0.250. The molecular weight excluding hydrogens is 144 g/mol. The molecule has 1 aromatic rings. The van der Waals surface area contributed by atoms with Gasteiger partial charge >= 0.3 is 0 Å². The molecule has 1 rings (SSSR count). The Morgan fingerprint density at radius 1 is 1.78 bits per heavy atom. The van der Waals surface area contributed by atoms with E-state index >= 15 is 0 Å². The first-order valence-corrected chi connectivity index (χ1v) is 2.14. The molecule has 0 fully saturated rings. The highest BCUT2D eigenvalue weighted by Crippen LogP contribution is 1.92. The van der Waals surface area contributed by atoms with Gasteiger partial charge in [0.2, 0.25) is 0 Å². The maximum Gasteiger partial charge on any atom is 0.124 e. The van der Waals surface area contributed by atoms with Crippen molar-refractivity contribution >= 4 is 12.4 Å². The summed E-state index contributed by atoms with van der Waals surface area (Å²) < 4.78 is 4.48. The van der Waals surface area contributed by atoms with Gasteiger partial charge in [-0.3, -0.25) is 4.84 Å². The number of halogens is 1. The Kier molecular flexibility index (Phi) is 4.04.